The number of nitrogens with one attached hydrogen (secondary N) is 2. The lowest BCUT2D eigenvalue weighted by Gasteiger charge is -2.16. The summed E-state index contributed by atoms with van der Waals surface area (Å²) in [5.74, 6) is 0.303. The molecule has 0 saturated heterocycles. The van der Waals surface area contributed by atoms with Crippen molar-refractivity contribution in [3.8, 4) is 5.75 Å². The van der Waals surface area contributed by atoms with Crippen molar-refractivity contribution in [2.45, 2.75) is 19.4 Å². The number of aromatic hydroxyl groups is 1. The Kier molecular flexibility index (Phi) is 3.29. The van der Waals surface area contributed by atoms with E-state index < -0.39 is 0 Å². The first-order chi connectivity index (χ1) is 9.72. The first-order valence-corrected chi connectivity index (χ1v) is 6.69. The minimum absolute atomic E-state index is 0.292. The summed E-state index contributed by atoms with van der Waals surface area (Å²) in [5.41, 5.74) is 3.32. The van der Waals surface area contributed by atoms with Crippen molar-refractivity contribution in [3.05, 3.63) is 54.2 Å². The Morgan fingerprint density at radius 1 is 1.20 bits per heavy atom. The van der Waals surface area contributed by atoms with Gasteiger partial charge in [0, 0.05) is 17.1 Å². The van der Waals surface area contributed by atoms with Crippen LogP contribution in [-0.2, 0) is 6.42 Å². The van der Waals surface area contributed by atoms with Crippen LogP contribution in [0.3, 0.4) is 0 Å². The van der Waals surface area contributed by atoms with E-state index >= 15 is 0 Å². The molecule has 3 aromatic rings. The molecular weight excluding hydrogens is 250 g/mol. The molecule has 20 heavy (non-hydrogen) atoms. The van der Waals surface area contributed by atoms with Crippen LogP contribution < -0.4 is 5.32 Å². The largest absolute Gasteiger partial charge is 0.508 e. The van der Waals surface area contributed by atoms with E-state index in [0.717, 1.165) is 23.0 Å². The molecule has 1 heterocycles. The Labute approximate surface area is 117 Å². The predicted molar refractivity (Wildman–Crippen MR) is 81.0 cm³/mol. The lowest BCUT2D eigenvalue weighted by atomic mass is 10.1. The minimum Gasteiger partial charge on any atom is -0.508 e. The van der Waals surface area contributed by atoms with E-state index in [4.69, 9.17) is 0 Å². The number of phenols is 1. The maximum atomic E-state index is 9.29. The Morgan fingerprint density at radius 2 is 2.00 bits per heavy atom. The van der Waals surface area contributed by atoms with Crippen molar-refractivity contribution in [3.63, 3.8) is 0 Å². The smallest absolute Gasteiger partial charge is 0.115 e. The van der Waals surface area contributed by atoms with Crippen LogP contribution in [-0.4, -0.2) is 21.3 Å². The number of anilines is 1. The van der Waals surface area contributed by atoms with Crippen molar-refractivity contribution < 1.29 is 5.11 Å². The average Bonchev–Trinajstić information content (AvgIpc) is 2.91. The van der Waals surface area contributed by atoms with E-state index in [9.17, 15) is 5.11 Å². The molecule has 2 aromatic carbocycles. The first-order valence-electron chi connectivity index (χ1n) is 6.69. The van der Waals surface area contributed by atoms with Gasteiger partial charge >= 0.3 is 0 Å². The van der Waals surface area contributed by atoms with Gasteiger partial charge in [0.1, 0.15) is 5.75 Å². The summed E-state index contributed by atoms with van der Waals surface area (Å²) < 4.78 is 0. The van der Waals surface area contributed by atoms with Crippen LogP contribution >= 0.6 is 0 Å². The third-order valence-corrected chi connectivity index (χ3v) is 3.36. The van der Waals surface area contributed by atoms with Gasteiger partial charge < -0.3 is 10.4 Å². The number of nitrogens with zero attached hydrogens (tertiary/aromatic N) is 1. The molecule has 0 amide bonds. The Bertz CT molecular complexity index is 703. The van der Waals surface area contributed by atoms with Gasteiger partial charge in [-0.25, -0.2) is 0 Å². The fraction of sp³-hybridized carbons (Fsp3) is 0.188. The predicted octanol–water partition coefficient (Wildman–Crippen LogP) is 3.31. The number of hydrogen-bond donors (Lipinski definition) is 3. The molecule has 4 heteroatoms. The van der Waals surface area contributed by atoms with Crippen molar-refractivity contribution >= 4 is 16.6 Å². The summed E-state index contributed by atoms with van der Waals surface area (Å²) in [6.45, 7) is 2.14. The van der Waals surface area contributed by atoms with E-state index in [-0.39, 0.29) is 0 Å². The molecule has 1 aromatic heterocycles. The fourth-order valence-electron chi connectivity index (χ4n) is 2.40. The molecule has 3 N–H and O–H groups in total. The summed E-state index contributed by atoms with van der Waals surface area (Å²) >= 11 is 0. The van der Waals surface area contributed by atoms with Crippen LogP contribution in [0.2, 0.25) is 0 Å². The van der Waals surface area contributed by atoms with Crippen molar-refractivity contribution in [1.82, 2.24) is 10.2 Å². The summed E-state index contributed by atoms with van der Waals surface area (Å²) in [6, 6.07) is 13.7. The number of H-pyrrole nitrogens is 1. The normalized spacial score (nSPS) is 12.4. The van der Waals surface area contributed by atoms with Gasteiger partial charge in [-0.05, 0) is 43.2 Å². The van der Waals surface area contributed by atoms with Crippen LogP contribution in [0.15, 0.2) is 48.7 Å². The number of benzene rings is 2. The molecule has 1 unspecified atom stereocenters. The molecule has 0 fully saturated rings. The van der Waals surface area contributed by atoms with Crippen LogP contribution in [0.25, 0.3) is 10.9 Å². The zero-order valence-corrected chi connectivity index (χ0v) is 11.3. The van der Waals surface area contributed by atoms with Crippen molar-refractivity contribution in [2.75, 3.05) is 5.32 Å². The molecular formula is C16H17N3O. The van der Waals surface area contributed by atoms with Gasteiger partial charge in [-0.3, -0.25) is 5.10 Å². The summed E-state index contributed by atoms with van der Waals surface area (Å²) in [7, 11) is 0. The van der Waals surface area contributed by atoms with Crippen LogP contribution in [0.4, 0.5) is 5.69 Å². The van der Waals surface area contributed by atoms with Gasteiger partial charge in [-0.2, -0.15) is 5.10 Å². The number of hydrogen-bond acceptors (Lipinski definition) is 3. The zero-order valence-electron chi connectivity index (χ0n) is 11.3. The Hall–Kier alpha value is -2.49. The maximum Gasteiger partial charge on any atom is 0.115 e. The standard InChI is InChI=1S/C16H17N3O/c1-11(9-12-5-7-13(20)8-6-12)18-15-3-2-4-16-14(15)10-17-19-16/h2-8,10-11,18,20H,9H2,1H3,(H,17,19). The van der Waals surface area contributed by atoms with Crippen molar-refractivity contribution in [2.24, 2.45) is 0 Å². The lowest BCUT2D eigenvalue weighted by molar-refractivity contribution is 0.475. The number of aromatic nitrogens is 2. The van der Waals surface area contributed by atoms with E-state index in [1.54, 1.807) is 12.1 Å². The minimum atomic E-state index is 0.292. The molecule has 3 rings (SSSR count). The molecule has 0 aliphatic heterocycles. The van der Waals surface area contributed by atoms with Crippen LogP contribution in [0.5, 0.6) is 5.75 Å². The fourth-order valence-corrected chi connectivity index (χ4v) is 2.40. The van der Waals surface area contributed by atoms with Gasteiger partial charge in [0.25, 0.3) is 0 Å². The summed E-state index contributed by atoms with van der Waals surface area (Å²) in [4.78, 5) is 0. The Morgan fingerprint density at radius 3 is 2.80 bits per heavy atom. The van der Waals surface area contributed by atoms with Gasteiger partial charge in [-0.1, -0.05) is 18.2 Å². The lowest BCUT2D eigenvalue weighted by Crippen LogP contribution is -2.18. The Balaban J connectivity index is 1.74. The molecule has 1 atom stereocenters. The molecule has 4 nitrogen and oxygen atoms in total. The highest BCUT2D eigenvalue weighted by Gasteiger charge is 2.07. The van der Waals surface area contributed by atoms with Gasteiger partial charge in [-0.15, -0.1) is 0 Å². The highest BCUT2D eigenvalue weighted by Crippen LogP contribution is 2.22. The molecule has 0 radical (unpaired) electrons. The number of rotatable bonds is 4. The van der Waals surface area contributed by atoms with E-state index in [0.29, 0.717) is 11.8 Å². The quantitative estimate of drug-likeness (QED) is 0.679. The second-order valence-corrected chi connectivity index (χ2v) is 5.05. The van der Waals surface area contributed by atoms with E-state index in [1.165, 1.54) is 5.56 Å². The van der Waals surface area contributed by atoms with Crippen molar-refractivity contribution in [1.29, 1.82) is 0 Å². The SMILES string of the molecule is CC(Cc1ccc(O)cc1)Nc1cccc2[nH]ncc12. The summed E-state index contributed by atoms with van der Waals surface area (Å²) in [6.07, 6.45) is 2.74. The molecule has 0 saturated carbocycles. The maximum absolute atomic E-state index is 9.29. The molecule has 0 aliphatic carbocycles. The highest BCUT2D eigenvalue weighted by atomic mass is 16.3. The third kappa shape index (κ3) is 2.59. The van der Waals surface area contributed by atoms with Gasteiger partial charge in [0.15, 0.2) is 0 Å². The first kappa shape index (κ1) is 12.5. The van der Waals surface area contributed by atoms with Gasteiger partial charge in [0.05, 0.1) is 11.7 Å². The second-order valence-electron chi connectivity index (χ2n) is 5.05. The number of phenolic OH excluding ortho intramolecular Hbond substituents is 1. The monoisotopic (exact) mass is 267 g/mol. The highest BCUT2D eigenvalue weighted by molar-refractivity contribution is 5.90. The van der Waals surface area contributed by atoms with E-state index in [2.05, 4.69) is 28.5 Å². The summed E-state index contributed by atoms with van der Waals surface area (Å²) in [5, 5.41) is 20.9. The van der Waals surface area contributed by atoms with Gasteiger partial charge in [0.2, 0.25) is 0 Å². The molecule has 102 valence electrons. The molecule has 0 spiro atoms. The third-order valence-electron chi connectivity index (χ3n) is 3.36. The average molecular weight is 267 g/mol. The second kappa shape index (κ2) is 5.25. The number of aromatic amines is 1. The van der Waals surface area contributed by atoms with Crippen LogP contribution in [0.1, 0.15) is 12.5 Å². The van der Waals surface area contributed by atoms with Crippen LogP contribution in [0, 0.1) is 0 Å². The molecule has 0 bridgehead atoms. The zero-order chi connectivity index (χ0) is 13.9. The van der Waals surface area contributed by atoms with E-state index in [1.807, 2.05) is 30.5 Å². The molecule has 0 aliphatic rings. The number of fused-ring (bicyclic) bond motifs is 1. The topological polar surface area (TPSA) is 60.9 Å².